The third-order valence-corrected chi connectivity index (χ3v) is 4.71. The van der Waals surface area contributed by atoms with Gasteiger partial charge in [0.2, 0.25) is 0 Å². The minimum absolute atomic E-state index is 0.106. The highest BCUT2D eigenvalue weighted by atomic mass is 35.5. The van der Waals surface area contributed by atoms with Crippen LogP contribution < -0.4 is 10.9 Å². The Morgan fingerprint density at radius 2 is 1.93 bits per heavy atom. The van der Waals surface area contributed by atoms with Gasteiger partial charge in [-0.15, -0.1) is 0 Å². The number of H-pyrrole nitrogens is 1. The Labute approximate surface area is 158 Å². The highest BCUT2D eigenvalue weighted by Crippen LogP contribution is 2.27. The monoisotopic (exact) mass is 391 g/mol. The number of aromatic nitrogens is 1. The molecule has 140 valence electrons. The topological polar surface area (TPSA) is 65.2 Å². The van der Waals surface area contributed by atoms with E-state index in [9.17, 15) is 18.4 Å². The molecule has 2 aromatic carbocycles. The molecule has 0 unspecified atom stereocenters. The lowest BCUT2D eigenvalue weighted by Gasteiger charge is -2.26. The van der Waals surface area contributed by atoms with E-state index in [4.69, 9.17) is 11.6 Å². The first-order chi connectivity index (χ1) is 12.8. The van der Waals surface area contributed by atoms with Crippen molar-refractivity contribution >= 4 is 34.1 Å². The van der Waals surface area contributed by atoms with Crippen LogP contribution in [0, 0.1) is 11.6 Å². The van der Waals surface area contributed by atoms with Crippen molar-refractivity contribution in [1.29, 1.82) is 0 Å². The van der Waals surface area contributed by atoms with E-state index < -0.39 is 23.7 Å². The van der Waals surface area contributed by atoms with Gasteiger partial charge in [-0.25, -0.2) is 13.6 Å². The zero-order chi connectivity index (χ0) is 19.7. The zero-order valence-corrected chi connectivity index (χ0v) is 15.3. The second-order valence-electron chi connectivity index (χ2n) is 6.11. The summed E-state index contributed by atoms with van der Waals surface area (Å²) >= 11 is 5.72. The summed E-state index contributed by atoms with van der Waals surface area (Å²) in [7, 11) is 1.56. The summed E-state index contributed by atoms with van der Waals surface area (Å²) in [6, 6.07) is 6.77. The van der Waals surface area contributed by atoms with Crippen LogP contribution >= 0.6 is 11.6 Å². The van der Waals surface area contributed by atoms with E-state index in [2.05, 4.69) is 10.3 Å². The molecule has 3 aromatic rings. The molecule has 0 saturated heterocycles. The molecule has 0 saturated carbocycles. The second-order valence-corrected chi connectivity index (χ2v) is 6.52. The predicted molar refractivity (Wildman–Crippen MR) is 101 cm³/mol. The van der Waals surface area contributed by atoms with Crippen molar-refractivity contribution in [3.63, 3.8) is 0 Å². The standard InChI is InChI=1S/C19H16ClF2N3O2/c1-10(15-9-23-18(26)13-5-3-11(21)7-14(13)15)25(2)19(27)24-12-4-6-17(22)16(20)8-12/h3-10H,1-2H3,(H,23,26)(H,24,27)/t10-/m0/s1. The summed E-state index contributed by atoms with van der Waals surface area (Å²) in [4.78, 5) is 28.5. The van der Waals surface area contributed by atoms with Crippen LogP contribution in [-0.4, -0.2) is 23.0 Å². The lowest BCUT2D eigenvalue weighted by Crippen LogP contribution is -2.34. The fourth-order valence-corrected chi connectivity index (χ4v) is 2.95. The Morgan fingerprint density at radius 3 is 2.63 bits per heavy atom. The van der Waals surface area contributed by atoms with Gasteiger partial charge in [0, 0.05) is 24.3 Å². The first-order valence-electron chi connectivity index (χ1n) is 8.07. The maximum absolute atomic E-state index is 13.7. The third-order valence-electron chi connectivity index (χ3n) is 4.42. The van der Waals surface area contributed by atoms with E-state index >= 15 is 0 Å². The molecule has 0 aliphatic rings. The van der Waals surface area contributed by atoms with Gasteiger partial charge in [-0.1, -0.05) is 11.6 Å². The predicted octanol–water partition coefficient (Wildman–Crippen LogP) is 4.68. The zero-order valence-electron chi connectivity index (χ0n) is 14.5. The Bertz CT molecular complexity index is 1080. The van der Waals surface area contributed by atoms with E-state index in [0.29, 0.717) is 22.0 Å². The van der Waals surface area contributed by atoms with Crippen molar-refractivity contribution in [2.75, 3.05) is 12.4 Å². The molecule has 0 fully saturated rings. The van der Waals surface area contributed by atoms with Gasteiger partial charge in [-0.2, -0.15) is 0 Å². The molecule has 1 heterocycles. The first kappa shape index (κ1) is 18.8. The van der Waals surface area contributed by atoms with Crippen LogP contribution in [0.2, 0.25) is 5.02 Å². The third kappa shape index (κ3) is 3.78. The van der Waals surface area contributed by atoms with Crippen LogP contribution in [0.1, 0.15) is 18.5 Å². The number of nitrogens with zero attached hydrogens (tertiary/aromatic N) is 1. The molecule has 0 bridgehead atoms. The normalized spacial score (nSPS) is 12.0. The minimum atomic E-state index is -0.585. The van der Waals surface area contributed by atoms with Crippen LogP contribution in [0.25, 0.3) is 10.8 Å². The van der Waals surface area contributed by atoms with Gasteiger partial charge < -0.3 is 15.2 Å². The van der Waals surface area contributed by atoms with Gasteiger partial charge >= 0.3 is 6.03 Å². The number of nitrogens with one attached hydrogen (secondary N) is 2. The van der Waals surface area contributed by atoms with Crippen molar-refractivity contribution in [3.05, 3.63) is 75.2 Å². The molecule has 0 aliphatic carbocycles. The smallest absolute Gasteiger partial charge is 0.322 e. The van der Waals surface area contributed by atoms with E-state index in [1.807, 2.05) is 0 Å². The number of urea groups is 1. The van der Waals surface area contributed by atoms with Crippen LogP contribution in [0.4, 0.5) is 19.3 Å². The number of carbonyl (C=O) groups excluding carboxylic acids is 1. The maximum atomic E-state index is 13.7. The number of rotatable bonds is 3. The van der Waals surface area contributed by atoms with Crippen molar-refractivity contribution in [1.82, 2.24) is 9.88 Å². The Kier molecular flexibility index (Phi) is 5.14. The highest BCUT2D eigenvalue weighted by molar-refractivity contribution is 6.31. The molecule has 2 amide bonds. The molecule has 8 heteroatoms. The molecule has 0 radical (unpaired) electrons. The summed E-state index contributed by atoms with van der Waals surface area (Å²) < 4.78 is 26.9. The number of halogens is 3. The molecule has 3 rings (SSSR count). The quantitative estimate of drug-likeness (QED) is 0.680. The van der Waals surface area contributed by atoms with Gasteiger partial charge in [0.15, 0.2) is 0 Å². The first-order valence-corrected chi connectivity index (χ1v) is 8.45. The maximum Gasteiger partial charge on any atom is 0.322 e. The van der Waals surface area contributed by atoms with Crippen molar-refractivity contribution < 1.29 is 13.6 Å². The van der Waals surface area contributed by atoms with E-state index in [1.165, 1.54) is 41.4 Å². The average Bonchev–Trinajstić information content (AvgIpc) is 2.63. The molecule has 0 aliphatic heterocycles. The van der Waals surface area contributed by atoms with Crippen LogP contribution in [0.3, 0.4) is 0 Å². The molecule has 27 heavy (non-hydrogen) atoms. The molecule has 1 aromatic heterocycles. The van der Waals surface area contributed by atoms with Crippen molar-refractivity contribution in [3.8, 4) is 0 Å². The van der Waals surface area contributed by atoms with Crippen LogP contribution in [-0.2, 0) is 0 Å². The van der Waals surface area contributed by atoms with Gasteiger partial charge in [-0.05, 0) is 54.3 Å². The minimum Gasteiger partial charge on any atom is -0.328 e. The van der Waals surface area contributed by atoms with Gasteiger partial charge in [0.05, 0.1) is 11.1 Å². The number of benzene rings is 2. The number of fused-ring (bicyclic) bond motifs is 1. The van der Waals surface area contributed by atoms with E-state index in [-0.39, 0.29) is 10.6 Å². The van der Waals surface area contributed by atoms with Gasteiger partial charge in [0.25, 0.3) is 5.56 Å². The van der Waals surface area contributed by atoms with Gasteiger partial charge in [0.1, 0.15) is 11.6 Å². The highest BCUT2D eigenvalue weighted by Gasteiger charge is 2.21. The number of pyridine rings is 1. The number of carbonyl (C=O) groups is 1. The molecule has 0 spiro atoms. The largest absolute Gasteiger partial charge is 0.328 e. The SMILES string of the molecule is C[C@@H](c1c[nH]c(=O)c2ccc(F)cc12)N(C)C(=O)Nc1ccc(F)c(Cl)c1. The lowest BCUT2D eigenvalue weighted by molar-refractivity contribution is 0.208. The fourth-order valence-electron chi connectivity index (χ4n) is 2.77. The van der Waals surface area contributed by atoms with E-state index in [0.717, 1.165) is 6.07 Å². The van der Waals surface area contributed by atoms with Gasteiger partial charge in [-0.3, -0.25) is 4.79 Å². The summed E-state index contributed by atoms with van der Waals surface area (Å²) in [6.07, 6.45) is 1.47. The van der Waals surface area contributed by atoms with Crippen molar-refractivity contribution in [2.45, 2.75) is 13.0 Å². The summed E-state index contributed by atoms with van der Waals surface area (Å²) in [6.45, 7) is 1.75. The number of aromatic amines is 1. The lowest BCUT2D eigenvalue weighted by atomic mass is 10.0. The van der Waals surface area contributed by atoms with Crippen LogP contribution in [0.15, 0.2) is 47.4 Å². The molecule has 5 nitrogen and oxygen atoms in total. The van der Waals surface area contributed by atoms with Crippen LogP contribution in [0.5, 0.6) is 0 Å². The molecule has 1 atom stereocenters. The number of hydrogen-bond acceptors (Lipinski definition) is 2. The summed E-state index contributed by atoms with van der Waals surface area (Å²) in [5.74, 6) is -1.06. The molecule has 2 N–H and O–H groups in total. The second kappa shape index (κ2) is 7.36. The van der Waals surface area contributed by atoms with E-state index in [1.54, 1.807) is 14.0 Å². The van der Waals surface area contributed by atoms with Crippen molar-refractivity contribution in [2.24, 2.45) is 0 Å². The summed E-state index contributed by atoms with van der Waals surface area (Å²) in [5.41, 5.74) is 0.579. The number of hydrogen-bond donors (Lipinski definition) is 2. The average molecular weight is 392 g/mol. The number of anilines is 1. The Morgan fingerprint density at radius 1 is 1.19 bits per heavy atom. The molecular weight excluding hydrogens is 376 g/mol. The molecular formula is C19H16ClF2N3O2. The Hall–Kier alpha value is -2.93. The fraction of sp³-hybridized carbons (Fsp3) is 0.158. The number of amides is 2. The summed E-state index contributed by atoms with van der Waals surface area (Å²) in [5, 5.41) is 3.27. The Balaban J connectivity index is 1.89.